The predicted molar refractivity (Wildman–Crippen MR) is 84.4 cm³/mol. The van der Waals surface area contributed by atoms with E-state index in [4.69, 9.17) is 10.00 Å². The van der Waals surface area contributed by atoms with E-state index in [2.05, 4.69) is 46.9 Å². The summed E-state index contributed by atoms with van der Waals surface area (Å²) in [6, 6.07) is 2.45. The van der Waals surface area contributed by atoms with Gasteiger partial charge in [0.05, 0.1) is 12.6 Å². The fraction of sp³-hybridized carbons (Fsp3) is 0.733. The fourth-order valence-corrected chi connectivity index (χ4v) is 3.14. The van der Waals surface area contributed by atoms with Crippen molar-refractivity contribution in [2.75, 3.05) is 33.4 Å². The quantitative estimate of drug-likeness (QED) is 0.618. The second-order valence-electron chi connectivity index (χ2n) is 6.49. The molecule has 1 fully saturated rings. The molecule has 21 heavy (non-hydrogen) atoms. The second kappa shape index (κ2) is 6.82. The molecule has 0 aromatic carbocycles. The van der Waals surface area contributed by atoms with Crippen molar-refractivity contribution < 1.29 is 4.74 Å². The molecule has 0 bridgehead atoms. The van der Waals surface area contributed by atoms with Crippen LogP contribution >= 0.6 is 11.8 Å². The van der Waals surface area contributed by atoms with Crippen molar-refractivity contribution in [3.63, 3.8) is 0 Å². The highest BCUT2D eigenvalue weighted by Gasteiger charge is 2.30. The van der Waals surface area contributed by atoms with Crippen LogP contribution in [0.15, 0.2) is 11.1 Å². The zero-order valence-corrected chi connectivity index (χ0v) is 14.1. The molecule has 1 aliphatic heterocycles. The molecule has 1 aromatic heterocycles. The number of nitriles is 1. The van der Waals surface area contributed by atoms with Crippen LogP contribution in [0.25, 0.3) is 0 Å². The number of ether oxygens (including phenoxy) is 1. The van der Waals surface area contributed by atoms with E-state index >= 15 is 0 Å². The molecule has 0 spiro atoms. The van der Waals surface area contributed by atoms with Crippen LogP contribution in [0.4, 0.5) is 0 Å². The van der Waals surface area contributed by atoms with Crippen molar-refractivity contribution in [1.82, 2.24) is 14.7 Å². The van der Waals surface area contributed by atoms with Crippen molar-refractivity contribution in [2.45, 2.75) is 43.7 Å². The van der Waals surface area contributed by atoms with Gasteiger partial charge in [-0.05, 0) is 12.5 Å². The van der Waals surface area contributed by atoms with Crippen LogP contribution in [-0.4, -0.2) is 48.0 Å². The Morgan fingerprint density at radius 3 is 2.90 bits per heavy atom. The summed E-state index contributed by atoms with van der Waals surface area (Å²) < 4.78 is 7.30. The van der Waals surface area contributed by atoms with Crippen molar-refractivity contribution in [3.8, 4) is 5.40 Å². The molecule has 0 N–H and O–H groups in total. The largest absolute Gasteiger partial charge is 0.383 e. The number of likely N-dealkylation sites (tertiary alicyclic amines) is 1. The molecule has 0 unspecified atom stereocenters. The molecule has 1 aromatic rings. The summed E-state index contributed by atoms with van der Waals surface area (Å²) in [5.41, 5.74) is 1.24. The minimum absolute atomic E-state index is 0.0290. The van der Waals surface area contributed by atoms with Gasteiger partial charge in [-0.1, -0.05) is 20.8 Å². The third-order valence-corrected chi connectivity index (χ3v) is 4.34. The summed E-state index contributed by atoms with van der Waals surface area (Å²) in [5, 5.41) is 16.5. The first kappa shape index (κ1) is 16.3. The second-order valence-corrected chi connectivity index (χ2v) is 7.30. The molecule has 0 saturated carbocycles. The number of thioether (sulfide) groups is 1. The summed E-state index contributed by atoms with van der Waals surface area (Å²) >= 11 is 1.14. The maximum absolute atomic E-state index is 8.87. The van der Waals surface area contributed by atoms with Gasteiger partial charge in [-0.15, -0.1) is 0 Å². The zero-order valence-electron chi connectivity index (χ0n) is 13.3. The van der Waals surface area contributed by atoms with Gasteiger partial charge in [0.15, 0.2) is 0 Å². The van der Waals surface area contributed by atoms with Crippen LogP contribution in [0.2, 0.25) is 0 Å². The van der Waals surface area contributed by atoms with Gasteiger partial charge in [-0.25, -0.2) is 0 Å². The molecule has 1 aliphatic rings. The Kier molecular flexibility index (Phi) is 5.31. The van der Waals surface area contributed by atoms with E-state index in [-0.39, 0.29) is 5.41 Å². The summed E-state index contributed by atoms with van der Waals surface area (Å²) in [7, 11) is 1.74. The van der Waals surface area contributed by atoms with Crippen LogP contribution < -0.4 is 0 Å². The molecular weight excluding hydrogens is 284 g/mol. The van der Waals surface area contributed by atoms with Crippen LogP contribution in [0.5, 0.6) is 0 Å². The highest BCUT2D eigenvalue weighted by molar-refractivity contribution is 8.03. The normalized spacial score (nSPS) is 19.9. The SMILES string of the molecule is COCCN1CC[C@@H](n2nc(SC#N)cc2C(C)(C)C)C1. The van der Waals surface area contributed by atoms with Crippen molar-refractivity contribution in [1.29, 1.82) is 5.26 Å². The number of hydrogen-bond acceptors (Lipinski definition) is 5. The van der Waals surface area contributed by atoms with Gasteiger partial charge >= 0.3 is 0 Å². The Morgan fingerprint density at radius 1 is 1.52 bits per heavy atom. The molecule has 5 nitrogen and oxygen atoms in total. The molecule has 1 atom stereocenters. The van der Waals surface area contributed by atoms with Gasteiger partial charge in [0.1, 0.15) is 10.4 Å². The Labute approximate surface area is 131 Å². The van der Waals surface area contributed by atoms with Crippen LogP contribution in [0, 0.1) is 10.7 Å². The van der Waals surface area contributed by atoms with E-state index in [1.807, 2.05) is 0 Å². The molecule has 0 radical (unpaired) electrons. The molecule has 6 heteroatoms. The van der Waals surface area contributed by atoms with Gasteiger partial charge in [-0.2, -0.15) is 10.4 Å². The van der Waals surface area contributed by atoms with E-state index in [1.165, 1.54) is 5.69 Å². The average Bonchev–Trinajstić information content (AvgIpc) is 3.02. The van der Waals surface area contributed by atoms with Gasteiger partial charge in [0, 0.05) is 49.6 Å². The lowest BCUT2D eigenvalue weighted by atomic mass is 9.92. The molecule has 2 heterocycles. The van der Waals surface area contributed by atoms with Crippen LogP contribution in [0.1, 0.15) is 38.9 Å². The van der Waals surface area contributed by atoms with E-state index in [0.717, 1.165) is 49.4 Å². The number of aromatic nitrogens is 2. The Bertz CT molecular complexity index is 515. The maximum Gasteiger partial charge on any atom is 0.140 e. The molecule has 0 amide bonds. The Hall–Kier alpha value is -1.03. The van der Waals surface area contributed by atoms with Gasteiger partial charge in [0.25, 0.3) is 0 Å². The third-order valence-electron chi connectivity index (χ3n) is 3.84. The number of thiocyanates is 1. The topological polar surface area (TPSA) is 54.1 Å². The number of methoxy groups -OCH3 is 1. The Morgan fingerprint density at radius 2 is 2.29 bits per heavy atom. The monoisotopic (exact) mass is 308 g/mol. The molecule has 116 valence electrons. The lowest BCUT2D eigenvalue weighted by Crippen LogP contribution is -2.27. The van der Waals surface area contributed by atoms with E-state index in [9.17, 15) is 0 Å². The van der Waals surface area contributed by atoms with Crippen LogP contribution in [0.3, 0.4) is 0 Å². The summed E-state index contributed by atoms with van der Waals surface area (Å²) in [6.45, 7) is 10.4. The van der Waals surface area contributed by atoms with Crippen molar-refractivity contribution in [2.24, 2.45) is 0 Å². The first-order valence-electron chi connectivity index (χ1n) is 7.33. The number of hydrogen-bond donors (Lipinski definition) is 0. The molecule has 1 saturated heterocycles. The van der Waals surface area contributed by atoms with E-state index in [1.54, 1.807) is 7.11 Å². The molecule has 2 rings (SSSR count). The summed E-state index contributed by atoms with van der Waals surface area (Å²) in [5.74, 6) is 0. The van der Waals surface area contributed by atoms with E-state index in [0.29, 0.717) is 6.04 Å². The summed E-state index contributed by atoms with van der Waals surface area (Å²) in [6.07, 6.45) is 1.10. The minimum atomic E-state index is 0.0290. The lowest BCUT2D eigenvalue weighted by molar-refractivity contribution is 0.158. The average molecular weight is 308 g/mol. The predicted octanol–water partition coefficient (Wildman–Crippen LogP) is 2.65. The highest BCUT2D eigenvalue weighted by Crippen LogP contribution is 2.32. The first-order chi connectivity index (χ1) is 9.95. The van der Waals surface area contributed by atoms with Crippen LogP contribution in [-0.2, 0) is 10.2 Å². The van der Waals surface area contributed by atoms with Gasteiger partial charge in [-0.3, -0.25) is 9.58 Å². The third kappa shape index (κ3) is 4.00. The lowest BCUT2D eigenvalue weighted by Gasteiger charge is -2.24. The number of rotatable bonds is 5. The highest BCUT2D eigenvalue weighted by atomic mass is 32.2. The fourth-order valence-electron chi connectivity index (χ4n) is 2.74. The smallest absolute Gasteiger partial charge is 0.140 e. The maximum atomic E-state index is 8.87. The Balaban J connectivity index is 2.17. The van der Waals surface area contributed by atoms with Crippen molar-refractivity contribution >= 4 is 11.8 Å². The van der Waals surface area contributed by atoms with Gasteiger partial charge < -0.3 is 4.74 Å². The minimum Gasteiger partial charge on any atom is -0.383 e. The van der Waals surface area contributed by atoms with E-state index < -0.39 is 0 Å². The number of nitrogens with zero attached hydrogens (tertiary/aromatic N) is 4. The van der Waals surface area contributed by atoms with Crippen molar-refractivity contribution in [3.05, 3.63) is 11.8 Å². The first-order valence-corrected chi connectivity index (χ1v) is 8.14. The molecular formula is C15H24N4OS. The molecule has 0 aliphatic carbocycles. The van der Waals surface area contributed by atoms with Gasteiger partial charge in [0.2, 0.25) is 0 Å². The zero-order chi connectivity index (χ0) is 15.5. The summed E-state index contributed by atoms with van der Waals surface area (Å²) in [4.78, 5) is 2.42. The standard InChI is InChI=1S/C15H24N4OS/c1-15(2,3)13-9-14(21-11-16)17-19(13)12-5-6-18(10-12)7-8-20-4/h9,12H,5-8,10H2,1-4H3/t12-/m1/s1.